The summed E-state index contributed by atoms with van der Waals surface area (Å²) in [5.41, 5.74) is 3.68. The highest BCUT2D eigenvalue weighted by Crippen LogP contribution is 2.25. The van der Waals surface area contributed by atoms with E-state index in [0.717, 1.165) is 36.3 Å². The molecule has 0 heterocycles. The number of carbonyl (C=O) groups excluding carboxylic acids is 2. The van der Waals surface area contributed by atoms with Gasteiger partial charge in [-0.1, -0.05) is 79.9 Å². The molecule has 0 saturated heterocycles. The van der Waals surface area contributed by atoms with Crippen LogP contribution < -0.4 is 10.1 Å². The monoisotopic (exact) mass is 499 g/mol. The Labute approximate surface area is 220 Å². The highest BCUT2D eigenvalue weighted by molar-refractivity contribution is 5.98. The van der Waals surface area contributed by atoms with Crippen molar-refractivity contribution in [1.29, 1.82) is 0 Å². The summed E-state index contributed by atoms with van der Waals surface area (Å²) in [5.74, 6) is 0.738. The van der Waals surface area contributed by atoms with Crippen LogP contribution in [0.2, 0.25) is 0 Å². The van der Waals surface area contributed by atoms with Gasteiger partial charge in [0.2, 0.25) is 0 Å². The maximum Gasteiger partial charge on any atom is 0.328 e. The molecule has 1 amide bonds. The summed E-state index contributed by atoms with van der Waals surface area (Å²) in [6, 6.07) is 24.8. The molecule has 0 aliphatic heterocycles. The van der Waals surface area contributed by atoms with Crippen LogP contribution in [0.1, 0.15) is 59.2 Å². The lowest BCUT2D eigenvalue weighted by Crippen LogP contribution is -2.43. The third-order valence-electron chi connectivity index (χ3n) is 7.15. The van der Waals surface area contributed by atoms with Crippen LogP contribution in [0.3, 0.4) is 0 Å². The first-order valence-corrected chi connectivity index (χ1v) is 13.3. The van der Waals surface area contributed by atoms with Crippen molar-refractivity contribution in [3.8, 4) is 5.75 Å². The number of amides is 1. The molecule has 0 unspecified atom stereocenters. The molecule has 3 aromatic carbocycles. The molecule has 0 aromatic heterocycles. The van der Waals surface area contributed by atoms with Gasteiger partial charge < -0.3 is 14.8 Å². The molecular weight excluding hydrogens is 462 g/mol. The number of benzene rings is 3. The van der Waals surface area contributed by atoms with Gasteiger partial charge >= 0.3 is 5.97 Å². The fraction of sp³-hybridized carbons (Fsp3) is 0.375. The standard InChI is InChI=1S/C32H37NO4/c1-36-32(35)30(22-25-17-20-28(21-18-25)37-23-26-12-6-3-7-13-26)33-31(34)29-15-9-8-14-27(29)19-16-24-10-4-2-5-11-24/h2,4-5,8-11,14-15,17-18,20-21,26,30H,3,6-7,12-13,16,19,22-23H2,1H3,(H,33,34)/t30-/m0/s1. The highest BCUT2D eigenvalue weighted by atomic mass is 16.5. The van der Waals surface area contributed by atoms with E-state index in [1.54, 1.807) is 0 Å². The van der Waals surface area contributed by atoms with Gasteiger partial charge in [-0.3, -0.25) is 4.79 Å². The minimum Gasteiger partial charge on any atom is -0.493 e. The molecule has 4 rings (SSSR count). The molecule has 1 atom stereocenters. The zero-order chi connectivity index (χ0) is 25.9. The smallest absolute Gasteiger partial charge is 0.328 e. The van der Waals surface area contributed by atoms with Gasteiger partial charge in [0.1, 0.15) is 11.8 Å². The highest BCUT2D eigenvalue weighted by Gasteiger charge is 2.24. The summed E-state index contributed by atoms with van der Waals surface area (Å²) in [7, 11) is 1.34. The summed E-state index contributed by atoms with van der Waals surface area (Å²) in [6.45, 7) is 0.754. The molecule has 1 aliphatic rings. The number of methoxy groups -OCH3 is 1. The molecule has 1 fully saturated rings. The van der Waals surface area contributed by atoms with Crippen LogP contribution in [0.15, 0.2) is 78.9 Å². The van der Waals surface area contributed by atoms with Crippen LogP contribution in [0.25, 0.3) is 0 Å². The van der Waals surface area contributed by atoms with Crippen molar-refractivity contribution in [2.45, 2.75) is 57.4 Å². The Morgan fingerprint density at radius 2 is 1.54 bits per heavy atom. The third kappa shape index (κ3) is 7.94. The molecule has 1 N–H and O–H groups in total. The largest absolute Gasteiger partial charge is 0.493 e. The number of rotatable bonds is 11. The predicted molar refractivity (Wildman–Crippen MR) is 146 cm³/mol. The van der Waals surface area contributed by atoms with Gasteiger partial charge in [0.25, 0.3) is 5.91 Å². The molecule has 0 bridgehead atoms. The molecular formula is C32H37NO4. The minimum atomic E-state index is -0.784. The van der Waals surface area contributed by atoms with E-state index in [1.807, 2.05) is 66.7 Å². The van der Waals surface area contributed by atoms with Crippen molar-refractivity contribution in [3.05, 3.63) is 101 Å². The van der Waals surface area contributed by atoms with Crippen molar-refractivity contribution in [2.75, 3.05) is 13.7 Å². The van der Waals surface area contributed by atoms with Gasteiger partial charge in [-0.05, 0) is 66.5 Å². The number of ether oxygens (including phenoxy) is 2. The number of hydrogen-bond donors (Lipinski definition) is 1. The number of esters is 1. The lowest BCUT2D eigenvalue weighted by Gasteiger charge is -2.21. The first-order chi connectivity index (χ1) is 18.1. The van der Waals surface area contributed by atoms with Crippen molar-refractivity contribution < 1.29 is 19.1 Å². The average Bonchev–Trinajstić information content (AvgIpc) is 2.96. The quantitative estimate of drug-likeness (QED) is 0.331. The van der Waals surface area contributed by atoms with E-state index in [9.17, 15) is 9.59 Å². The Balaban J connectivity index is 1.37. The van der Waals surface area contributed by atoms with Gasteiger partial charge in [-0.25, -0.2) is 4.79 Å². The van der Waals surface area contributed by atoms with E-state index in [-0.39, 0.29) is 5.91 Å². The van der Waals surface area contributed by atoms with Crippen molar-refractivity contribution in [1.82, 2.24) is 5.32 Å². The summed E-state index contributed by atoms with van der Waals surface area (Å²) in [6.07, 6.45) is 8.33. The van der Waals surface area contributed by atoms with Crippen LogP contribution in [0, 0.1) is 5.92 Å². The van der Waals surface area contributed by atoms with E-state index in [1.165, 1.54) is 44.8 Å². The Morgan fingerprint density at radius 3 is 2.27 bits per heavy atom. The second kappa shape index (κ2) is 13.6. The topological polar surface area (TPSA) is 64.6 Å². The van der Waals surface area contributed by atoms with Crippen molar-refractivity contribution in [3.63, 3.8) is 0 Å². The Morgan fingerprint density at radius 1 is 0.838 bits per heavy atom. The third-order valence-corrected chi connectivity index (χ3v) is 7.15. The van der Waals surface area contributed by atoms with E-state index in [0.29, 0.717) is 17.9 Å². The van der Waals surface area contributed by atoms with Crippen LogP contribution in [0.5, 0.6) is 5.75 Å². The van der Waals surface area contributed by atoms with E-state index in [2.05, 4.69) is 17.4 Å². The number of aryl methyl sites for hydroxylation is 2. The Hall–Kier alpha value is -3.60. The molecule has 3 aromatic rings. The van der Waals surface area contributed by atoms with Gasteiger partial charge in [-0.15, -0.1) is 0 Å². The second-order valence-electron chi connectivity index (χ2n) is 9.86. The second-order valence-corrected chi connectivity index (χ2v) is 9.86. The first kappa shape index (κ1) is 26.5. The maximum absolute atomic E-state index is 13.2. The number of hydrogen-bond acceptors (Lipinski definition) is 4. The molecule has 5 nitrogen and oxygen atoms in total. The zero-order valence-corrected chi connectivity index (χ0v) is 21.7. The number of nitrogens with one attached hydrogen (secondary N) is 1. The van der Waals surface area contributed by atoms with Crippen LogP contribution in [-0.4, -0.2) is 31.6 Å². The van der Waals surface area contributed by atoms with Gasteiger partial charge in [0.15, 0.2) is 0 Å². The fourth-order valence-corrected chi connectivity index (χ4v) is 4.98. The van der Waals surface area contributed by atoms with Crippen LogP contribution >= 0.6 is 0 Å². The molecule has 194 valence electrons. The fourth-order valence-electron chi connectivity index (χ4n) is 4.98. The van der Waals surface area contributed by atoms with Crippen molar-refractivity contribution >= 4 is 11.9 Å². The number of carbonyl (C=O) groups is 2. The van der Waals surface area contributed by atoms with E-state index < -0.39 is 12.0 Å². The Kier molecular flexibility index (Phi) is 9.75. The van der Waals surface area contributed by atoms with Crippen LogP contribution in [0.4, 0.5) is 0 Å². The Bertz CT molecular complexity index is 1140. The maximum atomic E-state index is 13.2. The molecule has 37 heavy (non-hydrogen) atoms. The lowest BCUT2D eigenvalue weighted by atomic mass is 9.90. The van der Waals surface area contributed by atoms with Gasteiger partial charge in [0, 0.05) is 12.0 Å². The van der Waals surface area contributed by atoms with E-state index >= 15 is 0 Å². The minimum absolute atomic E-state index is 0.272. The summed E-state index contributed by atoms with van der Waals surface area (Å²) in [5, 5.41) is 2.91. The zero-order valence-electron chi connectivity index (χ0n) is 21.7. The predicted octanol–water partition coefficient (Wildman–Crippen LogP) is 5.95. The van der Waals surface area contributed by atoms with Gasteiger partial charge in [-0.2, -0.15) is 0 Å². The molecule has 1 saturated carbocycles. The van der Waals surface area contributed by atoms with Crippen molar-refractivity contribution in [2.24, 2.45) is 5.92 Å². The van der Waals surface area contributed by atoms with E-state index in [4.69, 9.17) is 9.47 Å². The average molecular weight is 500 g/mol. The molecule has 0 spiro atoms. The normalized spacial score (nSPS) is 14.5. The molecule has 5 heteroatoms. The SMILES string of the molecule is COC(=O)[C@H](Cc1ccc(OCC2CCCCC2)cc1)NC(=O)c1ccccc1CCc1ccccc1. The summed E-state index contributed by atoms with van der Waals surface area (Å²) in [4.78, 5) is 25.8. The summed E-state index contributed by atoms with van der Waals surface area (Å²) < 4.78 is 11.0. The van der Waals surface area contributed by atoms with Gasteiger partial charge in [0.05, 0.1) is 13.7 Å². The lowest BCUT2D eigenvalue weighted by molar-refractivity contribution is -0.142. The molecule has 0 radical (unpaired) electrons. The van der Waals surface area contributed by atoms with Crippen LogP contribution in [-0.2, 0) is 28.8 Å². The molecule has 1 aliphatic carbocycles. The summed E-state index contributed by atoms with van der Waals surface area (Å²) >= 11 is 0. The first-order valence-electron chi connectivity index (χ1n) is 13.3.